The van der Waals surface area contributed by atoms with Crippen LogP contribution in [-0.4, -0.2) is 47.5 Å². The van der Waals surface area contributed by atoms with E-state index in [-0.39, 0.29) is 5.91 Å². The van der Waals surface area contributed by atoms with E-state index in [2.05, 4.69) is 16.9 Å². The maximum Gasteiger partial charge on any atom is 0.325 e. The van der Waals surface area contributed by atoms with Gasteiger partial charge in [-0.2, -0.15) is 0 Å². The molecule has 3 aromatic rings. The molecule has 0 aliphatic heterocycles. The Morgan fingerprint density at radius 3 is 2.38 bits per heavy atom. The number of urea groups is 1. The number of thiazole rings is 1. The van der Waals surface area contributed by atoms with Gasteiger partial charge >= 0.3 is 6.03 Å². The van der Waals surface area contributed by atoms with Crippen molar-refractivity contribution in [2.75, 3.05) is 25.6 Å². The molecule has 0 aliphatic carbocycles. The third kappa shape index (κ3) is 6.54. The summed E-state index contributed by atoms with van der Waals surface area (Å²) >= 11 is 1.30. The van der Waals surface area contributed by atoms with Gasteiger partial charge in [0.1, 0.15) is 11.4 Å². The zero-order valence-electron chi connectivity index (χ0n) is 19.9. The lowest BCUT2D eigenvalue weighted by Crippen LogP contribution is -2.31. The molecule has 3 rings (SSSR count). The molecule has 0 bridgehead atoms. The van der Waals surface area contributed by atoms with Crippen LogP contribution in [0.15, 0.2) is 48.0 Å². The topological polar surface area (TPSA) is 102 Å². The van der Waals surface area contributed by atoms with Gasteiger partial charge in [0, 0.05) is 31.2 Å². The van der Waals surface area contributed by atoms with Crippen molar-refractivity contribution in [3.63, 3.8) is 0 Å². The van der Waals surface area contributed by atoms with Gasteiger partial charge in [-0.1, -0.05) is 32.6 Å². The number of carbonyl (C=O) groups is 2. The molecule has 1 aromatic carbocycles. The number of aromatic nitrogens is 2. The first-order chi connectivity index (χ1) is 16.4. The SMILES string of the molecule is CCCCCCCOc1ccc(N(C(N)=O)c2nc(-c3ccc(C(=O)N(C)C)nc3)cs2)cc1. The van der Waals surface area contributed by atoms with Crippen molar-refractivity contribution >= 4 is 34.1 Å². The van der Waals surface area contributed by atoms with Gasteiger partial charge in [-0.15, -0.1) is 11.3 Å². The minimum atomic E-state index is -0.629. The number of hydrogen-bond acceptors (Lipinski definition) is 6. The van der Waals surface area contributed by atoms with Crippen molar-refractivity contribution in [1.82, 2.24) is 14.9 Å². The standard InChI is InChI=1S/C25H31N5O3S/c1-4-5-6-7-8-15-33-20-12-10-19(11-13-20)30(24(26)32)25-28-22(17-34-25)18-9-14-21(27-16-18)23(31)29(2)3/h9-14,16-17H,4-8,15H2,1-3H3,(H2,26,32). The van der Waals surface area contributed by atoms with Crippen LogP contribution in [0.25, 0.3) is 11.3 Å². The number of primary amides is 1. The maximum absolute atomic E-state index is 12.2. The lowest BCUT2D eigenvalue weighted by Gasteiger charge is -2.17. The third-order valence-electron chi connectivity index (χ3n) is 5.20. The van der Waals surface area contributed by atoms with Gasteiger partial charge < -0.3 is 15.4 Å². The van der Waals surface area contributed by atoms with E-state index in [1.807, 2.05) is 17.5 Å². The summed E-state index contributed by atoms with van der Waals surface area (Å²) in [5, 5.41) is 2.27. The highest BCUT2D eigenvalue weighted by Gasteiger charge is 2.20. The summed E-state index contributed by atoms with van der Waals surface area (Å²) in [5.41, 5.74) is 8.02. The molecule has 0 spiro atoms. The summed E-state index contributed by atoms with van der Waals surface area (Å²) in [5.74, 6) is 0.580. The van der Waals surface area contributed by atoms with E-state index < -0.39 is 6.03 Å². The Balaban J connectivity index is 1.68. The maximum atomic E-state index is 12.2. The Kier molecular flexibility index (Phi) is 8.98. The van der Waals surface area contributed by atoms with Crippen LogP contribution >= 0.6 is 11.3 Å². The van der Waals surface area contributed by atoms with Crippen molar-refractivity contribution in [3.05, 3.63) is 53.7 Å². The second-order valence-electron chi connectivity index (χ2n) is 8.08. The zero-order chi connectivity index (χ0) is 24.5. The minimum Gasteiger partial charge on any atom is -0.494 e. The molecule has 9 heteroatoms. The van der Waals surface area contributed by atoms with E-state index in [9.17, 15) is 9.59 Å². The number of pyridine rings is 1. The van der Waals surface area contributed by atoms with Crippen LogP contribution in [0.3, 0.4) is 0 Å². The summed E-state index contributed by atoms with van der Waals surface area (Å²) in [7, 11) is 3.35. The largest absolute Gasteiger partial charge is 0.494 e. The number of unbranched alkanes of at least 4 members (excludes halogenated alkanes) is 4. The van der Waals surface area contributed by atoms with E-state index in [4.69, 9.17) is 10.5 Å². The number of benzene rings is 1. The van der Waals surface area contributed by atoms with Crippen molar-refractivity contribution in [3.8, 4) is 17.0 Å². The average molecular weight is 482 g/mol. The molecular weight excluding hydrogens is 450 g/mol. The minimum absolute atomic E-state index is 0.172. The molecule has 180 valence electrons. The van der Waals surface area contributed by atoms with Gasteiger partial charge in [-0.3, -0.25) is 9.78 Å². The molecule has 34 heavy (non-hydrogen) atoms. The zero-order valence-corrected chi connectivity index (χ0v) is 20.7. The van der Waals surface area contributed by atoms with Crippen LogP contribution in [0.4, 0.5) is 15.6 Å². The lowest BCUT2D eigenvalue weighted by molar-refractivity contribution is 0.0822. The quantitative estimate of drug-likeness (QED) is 0.366. The van der Waals surface area contributed by atoms with Gasteiger partial charge in [0.05, 0.1) is 18.0 Å². The molecular formula is C25H31N5O3S. The predicted molar refractivity (Wildman–Crippen MR) is 136 cm³/mol. The molecule has 0 aliphatic rings. The van der Waals surface area contributed by atoms with Crippen molar-refractivity contribution < 1.29 is 14.3 Å². The fraction of sp³-hybridized carbons (Fsp3) is 0.360. The molecule has 3 amide bonds. The molecule has 2 aromatic heterocycles. The number of nitrogens with zero attached hydrogens (tertiary/aromatic N) is 4. The number of hydrogen-bond donors (Lipinski definition) is 1. The van der Waals surface area contributed by atoms with E-state index >= 15 is 0 Å². The van der Waals surface area contributed by atoms with Gasteiger partial charge in [0.25, 0.3) is 5.91 Å². The summed E-state index contributed by atoms with van der Waals surface area (Å²) in [4.78, 5) is 35.9. The van der Waals surface area contributed by atoms with Gasteiger partial charge in [0.15, 0.2) is 5.13 Å². The third-order valence-corrected chi connectivity index (χ3v) is 6.03. The molecule has 0 radical (unpaired) electrons. The number of ether oxygens (including phenoxy) is 1. The second-order valence-corrected chi connectivity index (χ2v) is 8.91. The summed E-state index contributed by atoms with van der Waals surface area (Å²) in [6, 6.07) is 10.1. The van der Waals surface area contributed by atoms with Crippen molar-refractivity contribution in [1.29, 1.82) is 0 Å². The smallest absolute Gasteiger partial charge is 0.325 e. The normalized spacial score (nSPS) is 10.7. The fourth-order valence-corrected chi connectivity index (χ4v) is 4.18. The van der Waals surface area contributed by atoms with Crippen LogP contribution in [-0.2, 0) is 0 Å². The molecule has 8 nitrogen and oxygen atoms in total. The Hall–Kier alpha value is -3.46. The van der Waals surface area contributed by atoms with E-state index in [1.165, 1.54) is 40.4 Å². The molecule has 0 saturated heterocycles. The van der Waals surface area contributed by atoms with E-state index in [1.54, 1.807) is 44.6 Å². The molecule has 2 N–H and O–H groups in total. The predicted octanol–water partition coefficient (Wildman–Crippen LogP) is 5.47. The summed E-state index contributed by atoms with van der Waals surface area (Å²) < 4.78 is 5.81. The van der Waals surface area contributed by atoms with E-state index in [0.29, 0.717) is 28.8 Å². The number of carbonyl (C=O) groups excluding carboxylic acids is 2. The Morgan fingerprint density at radius 1 is 1.03 bits per heavy atom. The Bertz CT molecular complexity index is 1080. The van der Waals surface area contributed by atoms with Crippen LogP contribution in [0.1, 0.15) is 49.5 Å². The lowest BCUT2D eigenvalue weighted by atomic mass is 10.2. The van der Waals surface area contributed by atoms with Crippen LogP contribution in [0.5, 0.6) is 5.75 Å². The van der Waals surface area contributed by atoms with Crippen molar-refractivity contribution in [2.24, 2.45) is 5.73 Å². The fourth-order valence-electron chi connectivity index (χ4n) is 3.32. The van der Waals surface area contributed by atoms with Gasteiger partial charge in [-0.05, 0) is 42.8 Å². The van der Waals surface area contributed by atoms with Crippen LogP contribution < -0.4 is 15.4 Å². The highest BCUT2D eigenvalue weighted by atomic mass is 32.1. The van der Waals surface area contributed by atoms with Gasteiger partial charge in [0.2, 0.25) is 0 Å². The van der Waals surface area contributed by atoms with Crippen LogP contribution in [0.2, 0.25) is 0 Å². The number of amides is 3. The molecule has 0 unspecified atom stereocenters. The highest BCUT2D eigenvalue weighted by Crippen LogP contribution is 2.32. The second kappa shape index (κ2) is 12.1. The average Bonchev–Trinajstić information content (AvgIpc) is 3.31. The number of rotatable bonds is 11. The number of nitrogens with two attached hydrogens (primary N) is 1. The molecule has 0 fully saturated rings. The monoisotopic (exact) mass is 481 g/mol. The highest BCUT2D eigenvalue weighted by molar-refractivity contribution is 7.14. The summed E-state index contributed by atoms with van der Waals surface area (Å²) in [6.45, 7) is 2.87. The van der Waals surface area contributed by atoms with Crippen molar-refractivity contribution in [2.45, 2.75) is 39.0 Å². The van der Waals surface area contributed by atoms with E-state index in [0.717, 1.165) is 24.2 Å². The molecule has 0 atom stereocenters. The van der Waals surface area contributed by atoms with Gasteiger partial charge in [-0.25, -0.2) is 14.7 Å². The number of anilines is 2. The first-order valence-corrected chi connectivity index (χ1v) is 12.2. The summed E-state index contributed by atoms with van der Waals surface area (Å²) in [6.07, 6.45) is 7.50. The Morgan fingerprint density at radius 2 is 1.76 bits per heavy atom. The first-order valence-electron chi connectivity index (χ1n) is 11.4. The van der Waals surface area contributed by atoms with Crippen LogP contribution in [0, 0.1) is 0 Å². The first kappa shape index (κ1) is 25.2. The molecule has 0 saturated carbocycles. The Labute approximate surface area is 204 Å². The molecule has 2 heterocycles.